The highest BCUT2D eigenvalue weighted by Gasteiger charge is 2.39. The Morgan fingerprint density at radius 1 is 1.03 bits per heavy atom. The van der Waals surface area contributed by atoms with Crippen LogP contribution in [0.3, 0.4) is 0 Å². The quantitative estimate of drug-likeness (QED) is 0.690. The van der Waals surface area contributed by atoms with E-state index in [9.17, 15) is 9.59 Å². The summed E-state index contributed by atoms with van der Waals surface area (Å²) in [6.07, 6.45) is 5.70. The van der Waals surface area contributed by atoms with Crippen LogP contribution in [0.1, 0.15) is 48.6 Å². The van der Waals surface area contributed by atoms with E-state index in [1.165, 1.54) is 17.5 Å². The largest absolute Gasteiger partial charge is 0.342 e. The zero-order chi connectivity index (χ0) is 21.7. The van der Waals surface area contributed by atoms with E-state index in [0.29, 0.717) is 19.5 Å². The molecule has 0 bridgehead atoms. The van der Waals surface area contributed by atoms with Gasteiger partial charge in [0.1, 0.15) is 5.82 Å². The number of amides is 2. The van der Waals surface area contributed by atoms with Gasteiger partial charge in [-0.3, -0.25) is 9.59 Å². The fraction of sp³-hybridized carbons (Fsp3) is 0.423. The van der Waals surface area contributed by atoms with Gasteiger partial charge in [-0.15, -0.1) is 0 Å². The number of carbonyl (C=O) groups is 2. The van der Waals surface area contributed by atoms with Crippen LogP contribution in [0.25, 0.3) is 11.0 Å². The van der Waals surface area contributed by atoms with Crippen molar-refractivity contribution < 1.29 is 9.59 Å². The average Bonchev–Trinajstić information content (AvgIpc) is 3.55. The van der Waals surface area contributed by atoms with Gasteiger partial charge in [0.2, 0.25) is 11.8 Å². The Morgan fingerprint density at radius 2 is 1.91 bits per heavy atom. The van der Waals surface area contributed by atoms with E-state index in [-0.39, 0.29) is 23.7 Å². The van der Waals surface area contributed by atoms with Crippen molar-refractivity contribution >= 4 is 28.5 Å². The number of benzene rings is 2. The van der Waals surface area contributed by atoms with Gasteiger partial charge in [-0.1, -0.05) is 18.2 Å². The van der Waals surface area contributed by atoms with Crippen molar-refractivity contribution in [2.75, 3.05) is 24.5 Å². The molecule has 1 N–H and O–H groups in total. The van der Waals surface area contributed by atoms with Crippen molar-refractivity contribution in [2.24, 2.45) is 5.92 Å². The Kier molecular flexibility index (Phi) is 4.74. The highest BCUT2D eigenvalue weighted by Crippen LogP contribution is 2.33. The van der Waals surface area contributed by atoms with Crippen LogP contribution in [0.2, 0.25) is 0 Å². The van der Waals surface area contributed by atoms with Gasteiger partial charge in [0.05, 0.1) is 17.0 Å². The van der Waals surface area contributed by atoms with Crippen molar-refractivity contribution in [1.82, 2.24) is 14.9 Å². The summed E-state index contributed by atoms with van der Waals surface area (Å²) < 4.78 is 0. The van der Waals surface area contributed by atoms with E-state index in [1.54, 1.807) is 0 Å². The third-order valence-electron chi connectivity index (χ3n) is 7.40. The van der Waals surface area contributed by atoms with Crippen LogP contribution in [-0.2, 0) is 22.4 Å². The molecule has 6 nitrogen and oxygen atoms in total. The van der Waals surface area contributed by atoms with Gasteiger partial charge in [0, 0.05) is 37.7 Å². The van der Waals surface area contributed by atoms with Crippen molar-refractivity contribution in [3.63, 3.8) is 0 Å². The van der Waals surface area contributed by atoms with Crippen LogP contribution < -0.4 is 4.90 Å². The summed E-state index contributed by atoms with van der Waals surface area (Å²) in [5.74, 6) is 1.09. The molecule has 6 rings (SSSR count). The van der Waals surface area contributed by atoms with Crippen molar-refractivity contribution in [1.29, 1.82) is 0 Å². The van der Waals surface area contributed by atoms with Crippen molar-refractivity contribution in [3.8, 4) is 0 Å². The van der Waals surface area contributed by atoms with Crippen LogP contribution in [0.4, 0.5) is 5.69 Å². The summed E-state index contributed by atoms with van der Waals surface area (Å²) in [5, 5.41) is 0. The fourth-order valence-electron chi connectivity index (χ4n) is 5.67. The van der Waals surface area contributed by atoms with Crippen LogP contribution in [0.15, 0.2) is 42.5 Å². The highest BCUT2D eigenvalue weighted by molar-refractivity contribution is 6.00. The van der Waals surface area contributed by atoms with Crippen LogP contribution in [0, 0.1) is 5.92 Å². The zero-order valence-electron chi connectivity index (χ0n) is 18.2. The van der Waals surface area contributed by atoms with Gasteiger partial charge in [-0.25, -0.2) is 4.98 Å². The second-order valence-corrected chi connectivity index (χ2v) is 9.47. The number of piperidine rings is 1. The van der Waals surface area contributed by atoms with Gasteiger partial charge in [-0.05, 0) is 67.5 Å². The molecular formula is C26H28N4O2. The molecular weight excluding hydrogens is 400 g/mol. The molecule has 2 saturated heterocycles. The topological polar surface area (TPSA) is 69.3 Å². The first-order valence-corrected chi connectivity index (χ1v) is 11.8. The van der Waals surface area contributed by atoms with Crippen molar-refractivity contribution in [2.45, 2.75) is 44.4 Å². The molecule has 1 aliphatic carbocycles. The number of likely N-dealkylation sites (tertiary alicyclic amines) is 1. The fourth-order valence-corrected chi connectivity index (χ4v) is 5.67. The number of anilines is 1. The first-order valence-electron chi connectivity index (χ1n) is 11.8. The number of H-pyrrole nitrogens is 1. The first-order chi connectivity index (χ1) is 15.7. The third-order valence-corrected chi connectivity index (χ3v) is 7.40. The summed E-state index contributed by atoms with van der Waals surface area (Å²) in [6.45, 7) is 1.92. The van der Waals surface area contributed by atoms with Gasteiger partial charge in [0.25, 0.3) is 0 Å². The minimum absolute atomic E-state index is 0.0622. The van der Waals surface area contributed by atoms with E-state index in [1.807, 2.05) is 40.1 Å². The predicted molar refractivity (Wildman–Crippen MR) is 124 cm³/mol. The highest BCUT2D eigenvalue weighted by atomic mass is 16.2. The van der Waals surface area contributed by atoms with Gasteiger partial charge in [-0.2, -0.15) is 0 Å². The monoisotopic (exact) mass is 428 g/mol. The second kappa shape index (κ2) is 7.76. The van der Waals surface area contributed by atoms with Crippen LogP contribution in [-0.4, -0.2) is 46.3 Å². The smallest absolute Gasteiger partial charge is 0.228 e. The lowest BCUT2D eigenvalue weighted by molar-refractivity contribution is -0.137. The summed E-state index contributed by atoms with van der Waals surface area (Å²) >= 11 is 0. The minimum atomic E-state index is -0.259. The summed E-state index contributed by atoms with van der Waals surface area (Å²) in [4.78, 5) is 38.2. The van der Waals surface area contributed by atoms with E-state index in [0.717, 1.165) is 54.8 Å². The Labute approximate surface area is 187 Å². The molecule has 0 radical (unpaired) electrons. The number of aromatic nitrogens is 2. The number of imidazole rings is 1. The molecule has 2 amide bonds. The van der Waals surface area contributed by atoms with E-state index < -0.39 is 0 Å². The molecule has 3 heterocycles. The molecule has 2 fully saturated rings. The lowest BCUT2D eigenvalue weighted by Gasteiger charge is -2.33. The second-order valence-electron chi connectivity index (χ2n) is 9.47. The van der Waals surface area contributed by atoms with Crippen LogP contribution in [0.5, 0.6) is 0 Å². The summed E-state index contributed by atoms with van der Waals surface area (Å²) in [7, 11) is 0. The molecule has 3 aromatic rings. The van der Waals surface area contributed by atoms with Gasteiger partial charge >= 0.3 is 0 Å². The minimum Gasteiger partial charge on any atom is -0.342 e. The SMILES string of the molecule is O=C(C1CC(=O)N(c2ccc3c(c2)CCC3)C1)N1CCCC(c2nc3ccccc3[nH]2)C1. The standard InChI is InChI=1S/C26H28N4O2/c31-24-14-20(16-30(24)21-11-10-17-5-3-6-18(17)13-21)26(32)29-12-4-7-19(15-29)25-27-22-8-1-2-9-23(22)28-25/h1-2,8-11,13,19-20H,3-7,12,14-16H2,(H,27,28). The van der Waals surface area contributed by atoms with Gasteiger partial charge < -0.3 is 14.8 Å². The molecule has 0 saturated carbocycles. The number of para-hydroxylation sites is 2. The van der Waals surface area contributed by atoms with E-state index >= 15 is 0 Å². The summed E-state index contributed by atoms with van der Waals surface area (Å²) in [6, 6.07) is 14.4. The number of nitrogens with zero attached hydrogens (tertiary/aromatic N) is 3. The van der Waals surface area contributed by atoms with E-state index in [4.69, 9.17) is 4.98 Å². The normalized spacial score (nSPS) is 23.2. The number of aromatic amines is 1. The first kappa shape index (κ1) is 19.5. The third kappa shape index (κ3) is 3.38. The number of carbonyl (C=O) groups excluding carboxylic acids is 2. The van der Waals surface area contributed by atoms with Crippen molar-refractivity contribution in [3.05, 3.63) is 59.4 Å². The predicted octanol–water partition coefficient (Wildman–Crippen LogP) is 3.81. The number of hydrogen-bond acceptors (Lipinski definition) is 3. The molecule has 1 aromatic heterocycles. The lowest BCUT2D eigenvalue weighted by Crippen LogP contribution is -2.43. The average molecular weight is 429 g/mol. The molecule has 0 spiro atoms. The Bertz CT molecular complexity index is 1170. The molecule has 2 atom stereocenters. The molecule has 2 aliphatic heterocycles. The summed E-state index contributed by atoms with van der Waals surface area (Å²) in [5.41, 5.74) is 5.71. The Morgan fingerprint density at radius 3 is 2.81 bits per heavy atom. The van der Waals surface area contributed by atoms with Gasteiger partial charge in [0.15, 0.2) is 0 Å². The number of fused-ring (bicyclic) bond motifs is 2. The maximum atomic E-state index is 13.4. The number of aryl methyl sites for hydroxylation is 2. The number of rotatable bonds is 3. The maximum Gasteiger partial charge on any atom is 0.228 e. The molecule has 2 unspecified atom stereocenters. The van der Waals surface area contributed by atoms with Crippen LogP contribution >= 0.6 is 0 Å². The van der Waals surface area contributed by atoms with E-state index in [2.05, 4.69) is 17.1 Å². The molecule has 164 valence electrons. The molecule has 2 aromatic carbocycles. The number of hydrogen-bond donors (Lipinski definition) is 1. The molecule has 32 heavy (non-hydrogen) atoms. The zero-order valence-corrected chi connectivity index (χ0v) is 18.2. The molecule has 6 heteroatoms. The lowest BCUT2D eigenvalue weighted by atomic mass is 9.95. The Hall–Kier alpha value is -3.15. The number of nitrogens with one attached hydrogen (secondary N) is 1. The molecule has 3 aliphatic rings. The maximum absolute atomic E-state index is 13.4. The Balaban J connectivity index is 1.16.